The number of phenols is 1. The number of nitrogens with zero attached hydrogens (tertiary/aromatic N) is 3. The molecule has 1 aromatic heterocycles. The Morgan fingerprint density at radius 2 is 1.58 bits per heavy atom. The standard InChI is InChI=1S/C49H60N4O12/c1-22-11-10-12-23(2)48(61)51-39-44(59)35-34(38-46(39)64-33-20-30(19-31(54)37(33)50-38)53-17-15-28-13-14-29(21-53)52(28)8)36-45(27(6)43(35)58)65-49(7,47(36)60)63-18-16-32(62-9)24(3)41(56)26(5)42(57)25(4)40(22)55/h10-12,16,18-20,22,24-26,28-29,32,40-42,55-58,60H,13-15,17,21H2,1-9H3,(H,51,61)/b11-10+,18-16+,23-12-/t22-,24+,25+,26-,28+,29-,32-,40-,41+,42+,49-/m0/s1. The van der Waals surface area contributed by atoms with Crippen molar-refractivity contribution in [2.45, 2.75) is 110 Å². The fourth-order valence-electron chi connectivity index (χ4n) is 10.2. The van der Waals surface area contributed by atoms with Gasteiger partial charge in [0.2, 0.25) is 10.9 Å². The molecule has 0 radical (unpaired) electrons. The van der Waals surface area contributed by atoms with Crippen molar-refractivity contribution in [2.75, 3.05) is 37.5 Å². The van der Waals surface area contributed by atoms with Gasteiger partial charge in [-0.3, -0.25) is 19.3 Å². The van der Waals surface area contributed by atoms with Crippen LogP contribution in [0, 0.1) is 30.6 Å². The Balaban J connectivity index is 1.35. The largest absolute Gasteiger partial charge is 0.507 e. The Bertz CT molecular complexity index is 2840. The number of aromatic nitrogens is 1. The van der Waals surface area contributed by atoms with Crippen LogP contribution in [0.5, 0.6) is 11.5 Å². The van der Waals surface area contributed by atoms with Crippen molar-refractivity contribution in [3.05, 3.63) is 79.5 Å². The third-order valence-electron chi connectivity index (χ3n) is 14.7. The number of hydrogen-bond acceptors (Lipinski definition) is 15. The molecule has 65 heavy (non-hydrogen) atoms. The molecule has 16 heteroatoms. The number of rotatable bonds is 2. The summed E-state index contributed by atoms with van der Waals surface area (Å²) in [6.45, 7) is 12.8. The third-order valence-corrected chi connectivity index (χ3v) is 14.7. The van der Waals surface area contributed by atoms with Gasteiger partial charge >= 0.3 is 5.79 Å². The maximum absolute atomic E-state index is 14.9. The lowest BCUT2D eigenvalue weighted by Gasteiger charge is -2.36. The highest BCUT2D eigenvalue weighted by Crippen LogP contribution is 2.42. The average molecular weight is 897 g/mol. The van der Waals surface area contributed by atoms with E-state index in [-0.39, 0.29) is 60.8 Å². The quantitative estimate of drug-likeness (QED) is 0.119. The molecule has 0 unspecified atom stereocenters. The number of aliphatic hydroxyl groups is 4. The minimum atomic E-state index is -1.95. The second-order valence-corrected chi connectivity index (χ2v) is 18.7. The van der Waals surface area contributed by atoms with E-state index in [0.29, 0.717) is 24.3 Å². The van der Waals surface area contributed by atoms with Crippen molar-refractivity contribution in [3.63, 3.8) is 0 Å². The monoisotopic (exact) mass is 896 g/mol. The van der Waals surface area contributed by atoms with Crippen molar-refractivity contribution in [1.82, 2.24) is 9.88 Å². The number of carbonyl (C=O) groups is 1. The fourth-order valence-corrected chi connectivity index (χ4v) is 10.2. The van der Waals surface area contributed by atoms with Gasteiger partial charge in [0, 0.05) is 97.2 Å². The van der Waals surface area contributed by atoms with Crippen LogP contribution < -0.4 is 31.0 Å². The number of nitrogens with one attached hydrogen (secondary N) is 1. The summed E-state index contributed by atoms with van der Waals surface area (Å²) >= 11 is 0. The first kappa shape index (κ1) is 46.0. The van der Waals surface area contributed by atoms with Crippen molar-refractivity contribution in [3.8, 4) is 11.5 Å². The summed E-state index contributed by atoms with van der Waals surface area (Å²) in [5.41, 5.74) is -1.16. The number of amides is 1. The highest BCUT2D eigenvalue weighted by molar-refractivity contribution is 6.16. The van der Waals surface area contributed by atoms with Gasteiger partial charge in [0.25, 0.3) is 5.91 Å². The van der Waals surface area contributed by atoms with Crippen LogP contribution in [0.15, 0.2) is 62.3 Å². The van der Waals surface area contributed by atoms with Gasteiger partial charge in [0.05, 0.1) is 41.3 Å². The number of anilines is 2. The van der Waals surface area contributed by atoms with Crippen LogP contribution in [0.25, 0.3) is 38.7 Å². The summed E-state index contributed by atoms with van der Waals surface area (Å²) in [4.78, 5) is 52.4. The molecule has 2 saturated heterocycles. The molecule has 348 valence electrons. The molecule has 4 aliphatic heterocycles. The van der Waals surface area contributed by atoms with Crippen LogP contribution in [0.2, 0.25) is 0 Å². The Hall–Kier alpha value is -5.52. The van der Waals surface area contributed by atoms with Gasteiger partial charge in [-0.25, -0.2) is 4.98 Å². The number of fused-ring (bicyclic) bond motifs is 4. The van der Waals surface area contributed by atoms with E-state index in [2.05, 4.69) is 22.2 Å². The smallest absolute Gasteiger partial charge is 0.307 e. The van der Waals surface area contributed by atoms with Gasteiger partial charge in [-0.15, -0.1) is 0 Å². The third kappa shape index (κ3) is 7.82. The normalized spacial score (nSPS) is 33.5. The molecule has 5 heterocycles. The predicted octanol–water partition coefficient (Wildman–Crippen LogP) is 4.66. The van der Waals surface area contributed by atoms with E-state index < -0.39 is 82.1 Å². The molecule has 4 aliphatic rings. The molecule has 6 bridgehead atoms. The van der Waals surface area contributed by atoms with Gasteiger partial charge < -0.3 is 54.4 Å². The molecule has 0 saturated carbocycles. The molecule has 4 aromatic rings. The van der Waals surface area contributed by atoms with E-state index in [1.807, 2.05) is 0 Å². The fraction of sp³-hybridized carbons (Fsp3) is 0.510. The molecular formula is C49H60N4O12. The first-order chi connectivity index (χ1) is 30.8. The lowest BCUT2D eigenvalue weighted by molar-refractivity contribution is -0.112. The zero-order valence-electron chi connectivity index (χ0n) is 38.3. The maximum Gasteiger partial charge on any atom is 0.307 e. The molecular weight excluding hydrogens is 837 g/mol. The Morgan fingerprint density at radius 1 is 0.892 bits per heavy atom. The van der Waals surface area contributed by atoms with Gasteiger partial charge in [-0.05, 0) is 46.2 Å². The Morgan fingerprint density at radius 3 is 2.31 bits per heavy atom. The van der Waals surface area contributed by atoms with Crippen LogP contribution in [-0.2, 0) is 14.3 Å². The predicted molar refractivity (Wildman–Crippen MR) is 247 cm³/mol. The van der Waals surface area contributed by atoms with Crippen LogP contribution in [0.4, 0.5) is 11.4 Å². The van der Waals surface area contributed by atoms with E-state index >= 15 is 0 Å². The first-order valence-electron chi connectivity index (χ1n) is 22.4. The highest BCUT2D eigenvalue weighted by Gasteiger charge is 2.44. The zero-order chi connectivity index (χ0) is 47.0. The number of aromatic hydroxyl groups is 1. The summed E-state index contributed by atoms with van der Waals surface area (Å²) in [5.74, 6) is -6.17. The van der Waals surface area contributed by atoms with Gasteiger partial charge in [0.15, 0.2) is 22.4 Å². The second-order valence-electron chi connectivity index (χ2n) is 18.7. The second kappa shape index (κ2) is 17.4. The van der Waals surface area contributed by atoms with E-state index in [1.165, 1.54) is 52.4 Å². The summed E-state index contributed by atoms with van der Waals surface area (Å²) in [6, 6.07) is 3.99. The van der Waals surface area contributed by atoms with Crippen molar-refractivity contribution in [1.29, 1.82) is 0 Å². The number of methoxy groups -OCH3 is 1. The number of benzene rings is 3. The molecule has 0 spiro atoms. The van der Waals surface area contributed by atoms with E-state index in [4.69, 9.17) is 23.6 Å². The van der Waals surface area contributed by atoms with Crippen molar-refractivity contribution < 1.29 is 49.0 Å². The number of aliphatic hydroxyl groups excluding tert-OH is 4. The Kier molecular flexibility index (Phi) is 12.3. The number of phenolic OH excluding ortho intramolecular Hbond substituents is 1. The minimum absolute atomic E-state index is 0.0302. The molecule has 16 nitrogen and oxygen atoms in total. The van der Waals surface area contributed by atoms with Crippen LogP contribution >= 0.6 is 0 Å². The molecule has 3 aromatic carbocycles. The lowest BCUT2D eigenvalue weighted by atomic mass is 9.78. The molecule has 11 atom stereocenters. The topological polar surface area (TPSA) is 225 Å². The maximum atomic E-state index is 14.9. The van der Waals surface area contributed by atoms with E-state index in [1.54, 1.807) is 45.9 Å². The number of allylic oxidation sites excluding steroid dienone is 2. The molecule has 1 amide bonds. The summed E-state index contributed by atoms with van der Waals surface area (Å²) < 4.78 is 24.6. The Labute approximate surface area is 376 Å². The summed E-state index contributed by atoms with van der Waals surface area (Å²) in [6.07, 6.45) is 6.60. The highest BCUT2D eigenvalue weighted by atomic mass is 16.7. The first-order valence-corrected chi connectivity index (χ1v) is 22.4. The van der Waals surface area contributed by atoms with Crippen molar-refractivity contribution in [2.24, 2.45) is 23.7 Å². The van der Waals surface area contributed by atoms with Crippen LogP contribution in [-0.4, -0.2) is 111 Å². The number of hydrogen-bond donors (Lipinski definition) is 6. The van der Waals surface area contributed by atoms with Gasteiger partial charge in [-0.1, -0.05) is 45.9 Å². The van der Waals surface area contributed by atoms with E-state index in [0.717, 1.165) is 25.8 Å². The van der Waals surface area contributed by atoms with Crippen LogP contribution in [0.3, 0.4) is 0 Å². The van der Waals surface area contributed by atoms with Gasteiger partial charge in [0.1, 0.15) is 22.7 Å². The SMILES string of the molecule is CO[C@H]1/C=C/O[C@@]2(C)Oc3c(C)c(O)c4c(=O)c(c5oc6cc(N7CC[C@H]8CC[C@@H](C7)N8C)cc(=O)c6nc5c4c3=C2O)NC(=O)/C(C)=C\C=C\[C@H](C)[C@H](O)[C@@H](C)[C@@H](O)[C@@H](C)[C@H](O)[C@@H]1C. The van der Waals surface area contributed by atoms with Gasteiger partial charge in [-0.2, -0.15) is 0 Å². The summed E-state index contributed by atoms with van der Waals surface area (Å²) in [5, 5.41) is 60.3. The summed E-state index contributed by atoms with van der Waals surface area (Å²) in [7, 11) is 3.58. The lowest BCUT2D eigenvalue weighted by Crippen LogP contribution is -2.44. The van der Waals surface area contributed by atoms with Crippen molar-refractivity contribution >= 4 is 56.0 Å². The zero-order valence-corrected chi connectivity index (χ0v) is 38.3. The van der Waals surface area contributed by atoms with Crippen LogP contribution in [0.1, 0.15) is 66.4 Å². The molecule has 8 rings (SSSR count). The molecule has 0 aliphatic carbocycles. The molecule has 6 N–H and O–H groups in total. The molecule has 2 fully saturated rings. The minimum Gasteiger partial charge on any atom is -0.507 e. The average Bonchev–Trinajstić information content (AvgIpc) is 3.70. The number of ether oxygens (including phenoxy) is 3. The van der Waals surface area contributed by atoms with E-state index in [9.17, 15) is 39.9 Å². The number of carbonyl (C=O) groups excluding carboxylic acids is 1. The number of likely N-dealkylation sites (N-methyl/N-ethyl adjacent to an activating group) is 1.